The predicted molar refractivity (Wildman–Crippen MR) is 283 cm³/mol. The van der Waals surface area contributed by atoms with Crippen LogP contribution in [0.1, 0.15) is 57.3 Å². The first-order valence-electron chi connectivity index (χ1n) is 24.4. The van der Waals surface area contributed by atoms with Gasteiger partial charge in [-0.2, -0.15) is 0 Å². The minimum atomic E-state index is -0.223. The second kappa shape index (κ2) is 13.3. The Kier molecular flexibility index (Phi) is 7.23. The average molecular weight is 862 g/mol. The maximum Gasteiger partial charge on any atom is 0.0708 e. The van der Waals surface area contributed by atoms with E-state index in [0.717, 1.165) is 31.2 Å². The Labute approximate surface area is 395 Å². The SMILES string of the molecule is c1ccc2c(c1)-c1ccc(-c3c4ccccc4c(-c4ccc5c(c4)C4(CCc6cc7ccccc7cc64)c4ccccc4-5)c4c3cnc3ccccc34)cc1C21CCc2cc3ccccc3cc21. The maximum atomic E-state index is 5.26. The van der Waals surface area contributed by atoms with Crippen LogP contribution in [0, 0.1) is 0 Å². The molecule has 4 aliphatic rings. The van der Waals surface area contributed by atoms with Crippen molar-refractivity contribution in [1.82, 2.24) is 4.98 Å². The topological polar surface area (TPSA) is 12.9 Å². The summed E-state index contributed by atoms with van der Waals surface area (Å²) in [6.07, 6.45) is 6.42. The molecule has 0 N–H and O–H groups in total. The highest BCUT2D eigenvalue weighted by molar-refractivity contribution is 6.27. The van der Waals surface area contributed by atoms with E-state index in [4.69, 9.17) is 4.98 Å². The normalized spacial score (nSPS) is 18.2. The van der Waals surface area contributed by atoms with Crippen LogP contribution in [0.2, 0.25) is 0 Å². The van der Waals surface area contributed by atoms with Crippen LogP contribution in [0.3, 0.4) is 0 Å². The number of nitrogens with zero attached hydrogens (tertiary/aromatic N) is 1. The van der Waals surface area contributed by atoms with E-state index in [2.05, 4.69) is 212 Å². The largest absolute Gasteiger partial charge is 0.256 e. The summed E-state index contributed by atoms with van der Waals surface area (Å²) in [6.45, 7) is 0. The van der Waals surface area contributed by atoms with Crippen LogP contribution >= 0.6 is 0 Å². The molecule has 0 fully saturated rings. The van der Waals surface area contributed by atoms with Gasteiger partial charge in [0.2, 0.25) is 0 Å². The van der Waals surface area contributed by atoms with Crippen molar-refractivity contribution in [3.8, 4) is 44.5 Å². The van der Waals surface area contributed by atoms with Crippen LogP contribution in [-0.2, 0) is 23.7 Å². The van der Waals surface area contributed by atoms with Crippen LogP contribution in [0.15, 0.2) is 212 Å². The van der Waals surface area contributed by atoms with Gasteiger partial charge < -0.3 is 0 Å². The lowest BCUT2D eigenvalue weighted by Crippen LogP contribution is -2.23. The summed E-state index contributed by atoms with van der Waals surface area (Å²) >= 11 is 0. The summed E-state index contributed by atoms with van der Waals surface area (Å²) in [5.74, 6) is 0. The van der Waals surface area contributed by atoms with E-state index in [1.54, 1.807) is 0 Å². The quantitative estimate of drug-likeness (QED) is 0.125. The zero-order valence-corrected chi connectivity index (χ0v) is 37.5. The van der Waals surface area contributed by atoms with Gasteiger partial charge in [-0.25, -0.2) is 0 Å². The van der Waals surface area contributed by atoms with Gasteiger partial charge in [0.15, 0.2) is 0 Å². The van der Waals surface area contributed by atoms with Gasteiger partial charge in [0.05, 0.1) is 5.52 Å². The van der Waals surface area contributed by atoms with Crippen molar-refractivity contribution in [1.29, 1.82) is 0 Å². The fraction of sp³-hybridized carbons (Fsp3) is 0.0896. The summed E-state index contributed by atoms with van der Waals surface area (Å²) in [6, 6.07) is 79.0. The van der Waals surface area contributed by atoms with Gasteiger partial charge >= 0.3 is 0 Å². The number of fused-ring (bicyclic) bond motifs is 20. The molecule has 2 spiro atoms. The van der Waals surface area contributed by atoms with Gasteiger partial charge in [-0.3, -0.25) is 4.98 Å². The van der Waals surface area contributed by atoms with Crippen molar-refractivity contribution >= 4 is 54.0 Å². The van der Waals surface area contributed by atoms with Crippen molar-refractivity contribution < 1.29 is 0 Å². The number of pyridine rings is 1. The number of aryl methyl sites for hydroxylation is 2. The summed E-state index contributed by atoms with van der Waals surface area (Å²) in [4.78, 5) is 5.26. The molecule has 68 heavy (non-hydrogen) atoms. The molecule has 4 aliphatic carbocycles. The fourth-order valence-corrected chi connectivity index (χ4v) is 14.3. The zero-order valence-electron chi connectivity index (χ0n) is 37.5. The molecule has 2 unspecified atom stereocenters. The van der Waals surface area contributed by atoms with Crippen molar-refractivity contribution in [2.24, 2.45) is 0 Å². The number of hydrogen-bond donors (Lipinski definition) is 0. The van der Waals surface area contributed by atoms with Crippen LogP contribution in [0.4, 0.5) is 0 Å². The van der Waals surface area contributed by atoms with Gasteiger partial charge in [-0.1, -0.05) is 176 Å². The average Bonchev–Trinajstić information content (AvgIpc) is 4.13. The number of rotatable bonds is 2. The monoisotopic (exact) mass is 861 g/mol. The second-order valence-corrected chi connectivity index (χ2v) is 20.0. The summed E-state index contributed by atoms with van der Waals surface area (Å²) in [7, 11) is 0. The van der Waals surface area contributed by atoms with Gasteiger partial charge in [0.1, 0.15) is 0 Å². The molecular weight excluding hydrogens is 819 g/mol. The van der Waals surface area contributed by atoms with Gasteiger partial charge in [-0.05, 0) is 177 Å². The molecule has 11 aromatic carbocycles. The predicted octanol–water partition coefficient (Wildman–Crippen LogP) is 16.7. The molecule has 1 nitrogen and oxygen atoms in total. The van der Waals surface area contributed by atoms with E-state index in [1.807, 2.05) is 0 Å². The van der Waals surface area contributed by atoms with E-state index >= 15 is 0 Å². The molecule has 0 bridgehead atoms. The summed E-state index contributed by atoms with van der Waals surface area (Å²) in [5.41, 5.74) is 22.7. The van der Waals surface area contributed by atoms with Crippen LogP contribution in [0.5, 0.6) is 0 Å². The highest BCUT2D eigenvalue weighted by atomic mass is 14.7. The van der Waals surface area contributed by atoms with Crippen molar-refractivity contribution in [3.63, 3.8) is 0 Å². The first-order valence-corrected chi connectivity index (χ1v) is 24.4. The highest BCUT2D eigenvalue weighted by Gasteiger charge is 2.50. The van der Waals surface area contributed by atoms with Gasteiger partial charge in [0, 0.05) is 33.2 Å². The van der Waals surface area contributed by atoms with Crippen molar-refractivity contribution in [3.05, 3.63) is 257 Å². The Bertz CT molecular complexity index is 4230. The molecule has 2 atom stereocenters. The minimum absolute atomic E-state index is 0.221. The maximum absolute atomic E-state index is 5.26. The third-order valence-electron chi connectivity index (χ3n) is 17.1. The Hall–Kier alpha value is -8.13. The summed E-state index contributed by atoms with van der Waals surface area (Å²) in [5, 5.41) is 11.4. The van der Waals surface area contributed by atoms with E-state index in [9.17, 15) is 0 Å². The zero-order chi connectivity index (χ0) is 44.3. The smallest absolute Gasteiger partial charge is 0.0708 e. The molecule has 0 saturated carbocycles. The van der Waals surface area contributed by atoms with Crippen LogP contribution < -0.4 is 0 Å². The lowest BCUT2D eigenvalue weighted by molar-refractivity contribution is 0.626. The Balaban J connectivity index is 0.966. The molecular formula is C67H43N. The van der Waals surface area contributed by atoms with Gasteiger partial charge in [-0.15, -0.1) is 0 Å². The standard InChI is InChI=1S/C67H43N/c1-3-15-42-35-58-44(33-40(42)13-1)29-31-66(58)56-22-10-7-17-48(56)50-27-25-46(37-60(50)66)63-52-19-5-6-20-53(52)64(65-54-21-9-12-24-62(54)68-39-55(63)65)47-26-28-51-49-18-8-11-23-57(49)67(61(51)38-47)32-30-45-34-41-14-2-4-16-43(41)36-59(45)67/h1-28,33-39H,29-32H2. The molecule has 1 aromatic heterocycles. The van der Waals surface area contributed by atoms with Crippen LogP contribution in [-0.4, -0.2) is 4.98 Å². The Morgan fingerprint density at radius 3 is 1.34 bits per heavy atom. The molecule has 0 amide bonds. The first kappa shape index (κ1) is 37.0. The van der Waals surface area contributed by atoms with E-state index < -0.39 is 0 Å². The number of hydrogen-bond acceptors (Lipinski definition) is 1. The molecule has 0 radical (unpaired) electrons. The lowest BCUT2D eigenvalue weighted by atomic mass is 9.72. The third kappa shape index (κ3) is 4.64. The van der Waals surface area contributed by atoms with Crippen molar-refractivity contribution in [2.45, 2.75) is 36.5 Å². The van der Waals surface area contributed by atoms with Gasteiger partial charge in [0.25, 0.3) is 0 Å². The number of para-hydroxylation sites is 1. The highest BCUT2D eigenvalue weighted by Crippen LogP contribution is 2.62. The van der Waals surface area contributed by atoms with E-state index in [0.29, 0.717) is 0 Å². The number of aromatic nitrogens is 1. The molecule has 1 heterocycles. The third-order valence-corrected chi connectivity index (χ3v) is 17.1. The molecule has 1 heteroatoms. The molecule has 12 aromatic rings. The first-order chi connectivity index (χ1) is 33.7. The van der Waals surface area contributed by atoms with Crippen molar-refractivity contribution in [2.75, 3.05) is 0 Å². The Morgan fingerprint density at radius 1 is 0.324 bits per heavy atom. The molecule has 0 aliphatic heterocycles. The van der Waals surface area contributed by atoms with E-state index in [1.165, 1.54) is 137 Å². The minimum Gasteiger partial charge on any atom is -0.256 e. The fourth-order valence-electron chi connectivity index (χ4n) is 14.3. The van der Waals surface area contributed by atoms with E-state index in [-0.39, 0.29) is 10.8 Å². The molecule has 316 valence electrons. The molecule has 0 saturated heterocycles. The van der Waals surface area contributed by atoms with Crippen LogP contribution in [0.25, 0.3) is 98.5 Å². The second-order valence-electron chi connectivity index (χ2n) is 20.0. The molecule has 16 rings (SSSR count). The lowest BCUT2D eigenvalue weighted by Gasteiger charge is -2.30. The number of benzene rings is 11. The summed E-state index contributed by atoms with van der Waals surface area (Å²) < 4.78 is 0. The Morgan fingerprint density at radius 2 is 0.765 bits per heavy atom.